The second-order valence-corrected chi connectivity index (χ2v) is 6.97. The number of pyridine rings is 1. The third-order valence-corrected chi connectivity index (χ3v) is 5.17. The van der Waals surface area contributed by atoms with Crippen LogP contribution in [0.5, 0.6) is 0 Å². The molecule has 1 unspecified atom stereocenters. The van der Waals surface area contributed by atoms with Gasteiger partial charge < -0.3 is 15.2 Å². The monoisotopic (exact) mass is 349 g/mol. The van der Waals surface area contributed by atoms with E-state index < -0.39 is 0 Å². The highest BCUT2D eigenvalue weighted by Crippen LogP contribution is 2.19. The molecule has 0 bridgehead atoms. The lowest BCUT2D eigenvalue weighted by atomic mass is 10.00. The van der Waals surface area contributed by atoms with Gasteiger partial charge in [-0.3, -0.25) is 9.59 Å². The van der Waals surface area contributed by atoms with Gasteiger partial charge in [0, 0.05) is 17.3 Å². The van der Waals surface area contributed by atoms with Gasteiger partial charge in [0.15, 0.2) is 5.43 Å². The van der Waals surface area contributed by atoms with E-state index in [4.69, 9.17) is 0 Å². The molecule has 1 aliphatic heterocycles. The molecule has 2 heterocycles. The predicted molar refractivity (Wildman–Crippen MR) is 104 cm³/mol. The average Bonchev–Trinajstić information content (AvgIpc) is 2.70. The third kappa shape index (κ3) is 3.22. The lowest BCUT2D eigenvalue weighted by molar-refractivity contribution is -0.121. The number of rotatable bonds is 4. The molecule has 0 aliphatic carbocycles. The van der Waals surface area contributed by atoms with Crippen molar-refractivity contribution in [1.29, 1.82) is 0 Å². The molecule has 0 saturated carbocycles. The molecule has 1 fully saturated rings. The summed E-state index contributed by atoms with van der Waals surface area (Å²) in [4.78, 5) is 25.3. The Morgan fingerprint density at radius 3 is 2.35 bits per heavy atom. The number of hydrogen-bond donors (Lipinski definition) is 2. The minimum Gasteiger partial charge on any atom is -0.354 e. The van der Waals surface area contributed by atoms with E-state index in [0.717, 1.165) is 37.0 Å². The zero-order valence-corrected chi connectivity index (χ0v) is 14.7. The average molecular weight is 349 g/mol. The lowest BCUT2D eigenvalue weighted by Crippen LogP contribution is -2.39. The van der Waals surface area contributed by atoms with Crippen LogP contribution in [0.3, 0.4) is 0 Å². The smallest absolute Gasteiger partial charge is 0.239 e. The van der Waals surface area contributed by atoms with Crippen molar-refractivity contribution >= 4 is 27.7 Å². The highest BCUT2D eigenvalue weighted by molar-refractivity contribution is 5.94. The van der Waals surface area contributed by atoms with E-state index in [9.17, 15) is 9.59 Å². The van der Waals surface area contributed by atoms with E-state index in [0.29, 0.717) is 23.2 Å². The van der Waals surface area contributed by atoms with Crippen LogP contribution in [0.25, 0.3) is 21.8 Å². The van der Waals surface area contributed by atoms with Gasteiger partial charge in [0.05, 0.1) is 11.0 Å². The van der Waals surface area contributed by atoms with Gasteiger partial charge >= 0.3 is 0 Å². The maximum Gasteiger partial charge on any atom is 0.239 e. The molecule has 2 N–H and O–H groups in total. The Balaban J connectivity index is 1.65. The molecule has 134 valence electrons. The summed E-state index contributed by atoms with van der Waals surface area (Å²) in [5, 5.41) is 7.74. The van der Waals surface area contributed by atoms with Gasteiger partial charge in [-0.1, -0.05) is 24.3 Å². The van der Waals surface area contributed by atoms with Crippen molar-refractivity contribution in [2.24, 2.45) is 5.92 Å². The number of nitrogens with one attached hydrogen (secondary N) is 2. The molecule has 1 atom stereocenters. The molecule has 3 aromatic rings. The maximum atomic E-state index is 12.7. The van der Waals surface area contributed by atoms with Crippen LogP contribution >= 0.6 is 0 Å². The van der Waals surface area contributed by atoms with Gasteiger partial charge in [-0.05, 0) is 56.1 Å². The van der Waals surface area contributed by atoms with Crippen molar-refractivity contribution in [2.45, 2.75) is 19.4 Å². The predicted octanol–water partition coefficient (Wildman–Crippen LogP) is 2.27. The zero-order chi connectivity index (χ0) is 17.9. The molecule has 1 aromatic heterocycles. The van der Waals surface area contributed by atoms with Gasteiger partial charge in [-0.15, -0.1) is 0 Å². The Morgan fingerprint density at radius 1 is 1.08 bits per heavy atom. The fourth-order valence-electron chi connectivity index (χ4n) is 3.80. The van der Waals surface area contributed by atoms with Gasteiger partial charge in [0.2, 0.25) is 5.91 Å². The summed E-state index contributed by atoms with van der Waals surface area (Å²) in [7, 11) is 0. The molecule has 0 spiro atoms. The van der Waals surface area contributed by atoms with Crippen LogP contribution in [0, 0.1) is 5.92 Å². The highest BCUT2D eigenvalue weighted by Gasteiger charge is 2.16. The number of hydrogen-bond acceptors (Lipinski definition) is 3. The third-order valence-electron chi connectivity index (χ3n) is 5.17. The number of carbonyl (C=O) groups is 1. The zero-order valence-electron chi connectivity index (χ0n) is 14.7. The number of para-hydroxylation sites is 2. The van der Waals surface area contributed by atoms with Crippen LogP contribution in [0.4, 0.5) is 0 Å². The second kappa shape index (κ2) is 7.30. The van der Waals surface area contributed by atoms with E-state index in [-0.39, 0.29) is 17.9 Å². The van der Waals surface area contributed by atoms with Crippen LogP contribution in [0.15, 0.2) is 53.3 Å². The number of piperidine rings is 1. The summed E-state index contributed by atoms with van der Waals surface area (Å²) in [6, 6.07) is 15.0. The quantitative estimate of drug-likeness (QED) is 0.710. The van der Waals surface area contributed by atoms with E-state index >= 15 is 0 Å². The van der Waals surface area contributed by atoms with Gasteiger partial charge in [-0.25, -0.2) is 0 Å². The molecule has 1 amide bonds. The van der Waals surface area contributed by atoms with Crippen LogP contribution in [-0.4, -0.2) is 30.1 Å². The van der Waals surface area contributed by atoms with Gasteiger partial charge in [-0.2, -0.15) is 0 Å². The summed E-state index contributed by atoms with van der Waals surface area (Å²) in [6.07, 6.45) is 2.31. The molecule has 2 aromatic carbocycles. The summed E-state index contributed by atoms with van der Waals surface area (Å²) in [6.45, 7) is 2.94. The van der Waals surface area contributed by atoms with E-state index in [1.807, 2.05) is 53.1 Å². The minimum absolute atomic E-state index is 0.0149. The first-order chi connectivity index (χ1) is 12.7. The largest absolute Gasteiger partial charge is 0.354 e. The van der Waals surface area contributed by atoms with Crippen LogP contribution in [0.2, 0.25) is 0 Å². The van der Waals surface area contributed by atoms with Crippen molar-refractivity contribution < 1.29 is 4.79 Å². The SMILES string of the molecule is O=C(Cn1c2ccccc2c(=O)c2ccccc21)NCC1CCCNC1. The van der Waals surface area contributed by atoms with Crippen molar-refractivity contribution in [3.63, 3.8) is 0 Å². The Hall–Kier alpha value is -2.66. The Morgan fingerprint density at radius 2 is 1.73 bits per heavy atom. The first kappa shape index (κ1) is 16.8. The first-order valence-electron chi connectivity index (χ1n) is 9.22. The molecule has 1 saturated heterocycles. The second-order valence-electron chi connectivity index (χ2n) is 6.97. The lowest BCUT2D eigenvalue weighted by Gasteiger charge is -2.23. The number of fused-ring (bicyclic) bond motifs is 2. The van der Waals surface area contributed by atoms with Gasteiger partial charge in [0.25, 0.3) is 0 Å². The minimum atomic E-state index is -0.0190. The fraction of sp³-hybridized carbons (Fsp3) is 0.333. The van der Waals surface area contributed by atoms with Gasteiger partial charge in [0.1, 0.15) is 6.54 Å². The summed E-state index contributed by atoms with van der Waals surface area (Å²) >= 11 is 0. The molecule has 5 heteroatoms. The Kier molecular flexibility index (Phi) is 4.71. The van der Waals surface area contributed by atoms with Crippen molar-refractivity contribution in [3.8, 4) is 0 Å². The molecule has 4 rings (SSSR count). The van der Waals surface area contributed by atoms with E-state index in [1.54, 1.807) is 0 Å². The molecular weight excluding hydrogens is 326 g/mol. The number of carbonyl (C=O) groups excluding carboxylic acids is 1. The maximum absolute atomic E-state index is 12.7. The van der Waals surface area contributed by atoms with Crippen molar-refractivity contribution in [3.05, 3.63) is 58.8 Å². The van der Waals surface area contributed by atoms with Crippen LogP contribution < -0.4 is 16.1 Å². The van der Waals surface area contributed by atoms with Crippen LogP contribution in [0.1, 0.15) is 12.8 Å². The highest BCUT2D eigenvalue weighted by atomic mass is 16.2. The topological polar surface area (TPSA) is 63.1 Å². The van der Waals surface area contributed by atoms with E-state index in [2.05, 4.69) is 10.6 Å². The summed E-state index contributed by atoms with van der Waals surface area (Å²) in [5.74, 6) is 0.477. The first-order valence-corrected chi connectivity index (χ1v) is 9.22. The summed E-state index contributed by atoms with van der Waals surface area (Å²) < 4.78 is 1.94. The fourth-order valence-corrected chi connectivity index (χ4v) is 3.80. The molecule has 5 nitrogen and oxygen atoms in total. The number of aromatic nitrogens is 1. The van der Waals surface area contributed by atoms with Crippen molar-refractivity contribution in [1.82, 2.24) is 15.2 Å². The van der Waals surface area contributed by atoms with Crippen LogP contribution in [-0.2, 0) is 11.3 Å². The molecule has 26 heavy (non-hydrogen) atoms. The van der Waals surface area contributed by atoms with E-state index in [1.165, 1.54) is 0 Å². The van der Waals surface area contributed by atoms with Crippen molar-refractivity contribution in [2.75, 3.05) is 19.6 Å². The standard InChI is InChI=1S/C21H23N3O2/c25-20(23-13-15-6-5-11-22-12-15)14-24-18-9-3-1-7-16(18)21(26)17-8-2-4-10-19(17)24/h1-4,7-10,15,22H,5-6,11-14H2,(H,23,25). The Bertz CT molecular complexity index is 943. The molecular formula is C21H23N3O2. The normalized spacial score (nSPS) is 17.5. The Labute approximate surface area is 152 Å². The number of benzene rings is 2. The number of nitrogens with zero attached hydrogens (tertiary/aromatic N) is 1. The summed E-state index contributed by atoms with van der Waals surface area (Å²) in [5.41, 5.74) is 1.61. The molecule has 1 aliphatic rings. The number of amides is 1. The molecule has 0 radical (unpaired) electrons.